The van der Waals surface area contributed by atoms with E-state index in [0.717, 1.165) is 5.56 Å². The van der Waals surface area contributed by atoms with Crippen molar-refractivity contribution in [2.75, 3.05) is 13.2 Å². The van der Waals surface area contributed by atoms with E-state index in [4.69, 9.17) is 4.74 Å². The maximum atomic E-state index is 12.2. The zero-order chi connectivity index (χ0) is 20.9. The molecule has 2 aromatic carbocycles. The summed E-state index contributed by atoms with van der Waals surface area (Å²) in [7, 11) is -3.58. The van der Waals surface area contributed by atoms with Gasteiger partial charge in [-0.05, 0) is 35.2 Å². The van der Waals surface area contributed by atoms with E-state index in [1.165, 1.54) is 24.3 Å². The van der Waals surface area contributed by atoms with Gasteiger partial charge >= 0.3 is 5.97 Å². The summed E-state index contributed by atoms with van der Waals surface area (Å²) >= 11 is 0. The first-order valence-electron chi connectivity index (χ1n) is 8.95. The Morgan fingerprint density at radius 3 is 1.96 bits per heavy atom. The van der Waals surface area contributed by atoms with E-state index in [9.17, 15) is 18.0 Å². The van der Waals surface area contributed by atoms with Crippen LogP contribution in [0, 0.1) is 0 Å². The van der Waals surface area contributed by atoms with E-state index in [2.05, 4.69) is 25.5 Å². The van der Waals surface area contributed by atoms with Gasteiger partial charge in [-0.1, -0.05) is 52.0 Å². The second kappa shape index (κ2) is 8.67. The number of ether oxygens (including phenoxy) is 1. The number of Topliss-reactive ketones (excluding diaryl/α,β-unsaturated/α-hetero) is 1. The molecule has 2 aromatic rings. The Balaban J connectivity index is 1.99. The highest BCUT2D eigenvalue weighted by molar-refractivity contribution is 7.89. The number of ketones is 1. The van der Waals surface area contributed by atoms with Crippen LogP contribution in [0.25, 0.3) is 0 Å². The molecule has 0 bridgehead atoms. The lowest BCUT2D eigenvalue weighted by atomic mass is 9.86. The van der Waals surface area contributed by atoms with E-state index < -0.39 is 16.0 Å². The molecule has 0 fully saturated rings. The van der Waals surface area contributed by atoms with E-state index >= 15 is 0 Å². The summed E-state index contributed by atoms with van der Waals surface area (Å²) in [6.45, 7) is 7.81. The summed E-state index contributed by atoms with van der Waals surface area (Å²) in [5, 5.41) is 0. The number of sulfonamides is 1. The molecular formula is C21H25NO5S. The summed E-state index contributed by atoms with van der Waals surface area (Å²) in [5.74, 6) is -0.993. The Hall–Kier alpha value is -2.51. The van der Waals surface area contributed by atoms with Crippen molar-refractivity contribution in [1.82, 2.24) is 4.72 Å². The van der Waals surface area contributed by atoms with Gasteiger partial charge in [0, 0.05) is 12.1 Å². The predicted molar refractivity (Wildman–Crippen MR) is 107 cm³/mol. The van der Waals surface area contributed by atoms with Crippen LogP contribution in [0.5, 0.6) is 0 Å². The standard InChI is InChI=1S/C21H25NO5S/c1-5-22-28(25,26)18-12-8-16(9-13-18)20(24)27-14-19(23)15-6-10-17(11-7-15)21(2,3)4/h6-13,22H,5,14H2,1-4H3. The molecule has 0 saturated heterocycles. The van der Waals surface area contributed by atoms with Gasteiger partial charge in [0.2, 0.25) is 10.0 Å². The van der Waals surface area contributed by atoms with Gasteiger partial charge < -0.3 is 4.74 Å². The van der Waals surface area contributed by atoms with Crippen LogP contribution in [0.1, 0.15) is 54.0 Å². The smallest absolute Gasteiger partial charge is 0.338 e. The third-order valence-corrected chi connectivity index (χ3v) is 5.70. The van der Waals surface area contributed by atoms with Crippen molar-refractivity contribution < 1.29 is 22.7 Å². The number of carbonyl (C=O) groups excluding carboxylic acids is 2. The minimum atomic E-state index is -3.58. The van der Waals surface area contributed by atoms with E-state index in [0.29, 0.717) is 5.56 Å². The van der Waals surface area contributed by atoms with Crippen molar-refractivity contribution >= 4 is 21.8 Å². The second-order valence-corrected chi connectivity index (χ2v) is 9.12. The molecule has 150 valence electrons. The molecule has 0 radical (unpaired) electrons. The van der Waals surface area contributed by atoms with Crippen LogP contribution < -0.4 is 4.72 Å². The molecule has 0 aliphatic rings. The molecule has 1 N–H and O–H groups in total. The zero-order valence-corrected chi connectivity index (χ0v) is 17.3. The molecule has 28 heavy (non-hydrogen) atoms. The van der Waals surface area contributed by atoms with E-state index in [1.807, 2.05) is 12.1 Å². The molecule has 2 rings (SSSR count). The Morgan fingerprint density at radius 2 is 1.46 bits per heavy atom. The van der Waals surface area contributed by atoms with Crippen LogP contribution in [0.2, 0.25) is 0 Å². The van der Waals surface area contributed by atoms with Gasteiger partial charge in [-0.15, -0.1) is 0 Å². The number of hydrogen-bond donors (Lipinski definition) is 1. The van der Waals surface area contributed by atoms with E-state index in [1.54, 1.807) is 19.1 Å². The highest BCUT2D eigenvalue weighted by atomic mass is 32.2. The summed E-state index contributed by atoms with van der Waals surface area (Å²) in [4.78, 5) is 24.4. The molecule has 6 nitrogen and oxygen atoms in total. The Morgan fingerprint density at radius 1 is 0.929 bits per heavy atom. The summed E-state index contributed by atoms with van der Waals surface area (Å²) < 4.78 is 31.2. The maximum absolute atomic E-state index is 12.2. The van der Waals surface area contributed by atoms with Crippen LogP contribution in [0.3, 0.4) is 0 Å². The normalized spacial score (nSPS) is 11.9. The average molecular weight is 404 g/mol. The first-order valence-corrected chi connectivity index (χ1v) is 10.4. The van der Waals surface area contributed by atoms with Crippen molar-refractivity contribution in [3.8, 4) is 0 Å². The molecule has 0 aliphatic carbocycles. The molecule has 0 heterocycles. The maximum Gasteiger partial charge on any atom is 0.338 e. The van der Waals surface area contributed by atoms with Crippen LogP contribution >= 0.6 is 0 Å². The largest absolute Gasteiger partial charge is 0.454 e. The first-order chi connectivity index (χ1) is 13.0. The van der Waals surface area contributed by atoms with Crippen LogP contribution in [-0.2, 0) is 20.2 Å². The van der Waals surface area contributed by atoms with Gasteiger partial charge in [-0.25, -0.2) is 17.9 Å². The van der Waals surface area contributed by atoms with Gasteiger partial charge in [-0.3, -0.25) is 4.79 Å². The third-order valence-electron chi connectivity index (χ3n) is 4.14. The molecular weight excluding hydrogens is 378 g/mol. The van der Waals surface area contributed by atoms with Gasteiger partial charge in [0.15, 0.2) is 12.4 Å². The van der Waals surface area contributed by atoms with Gasteiger partial charge in [0.05, 0.1) is 10.5 Å². The number of benzene rings is 2. The topological polar surface area (TPSA) is 89.5 Å². The molecule has 0 unspecified atom stereocenters. The fourth-order valence-electron chi connectivity index (χ4n) is 2.50. The van der Waals surface area contributed by atoms with Crippen molar-refractivity contribution in [3.63, 3.8) is 0 Å². The summed E-state index contributed by atoms with van der Waals surface area (Å²) in [5.41, 5.74) is 1.73. The minimum Gasteiger partial charge on any atom is -0.454 e. The Kier molecular flexibility index (Phi) is 6.74. The first kappa shape index (κ1) is 21.8. The lowest BCUT2D eigenvalue weighted by Crippen LogP contribution is -2.23. The predicted octanol–water partition coefficient (Wildman–Crippen LogP) is 3.32. The van der Waals surface area contributed by atoms with Crippen molar-refractivity contribution in [3.05, 3.63) is 65.2 Å². The minimum absolute atomic E-state index is 0.0136. The molecule has 0 spiro atoms. The molecule has 7 heteroatoms. The number of esters is 1. The zero-order valence-electron chi connectivity index (χ0n) is 16.5. The monoisotopic (exact) mass is 403 g/mol. The van der Waals surface area contributed by atoms with Crippen LogP contribution in [-0.4, -0.2) is 33.3 Å². The SMILES string of the molecule is CCNS(=O)(=O)c1ccc(C(=O)OCC(=O)c2ccc(C(C)(C)C)cc2)cc1. The van der Waals surface area contributed by atoms with Gasteiger partial charge in [0.25, 0.3) is 0 Å². The number of hydrogen-bond acceptors (Lipinski definition) is 5. The Bertz CT molecular complexity index is 940. The highest BCUT2D eigenvalue weighted by Crippen LogP contribution is 2.22. The van der Waals surface area contributed by atoms with Gasteiger partial charge in [-0.2, -0.15) is 0 Å². The van der Waals surface area contributed by atoms with E-state index in [-0.39, 0.29) is 34.8 Å². The summed E-state index contributed by atoms with van der Waals surface area (Å²) in [6.07, 6.45) is 0. The van der Waals surface area contributed by atoms with Crippen molar-refractivity contribution in [1.29, 1.82) is 0 Å². The number of carbonyl (C=O) groups is 2. The second-order valence-electron chi connectivity index (χ2n) is 7.35. The third kappa shape index (κ3) is 5.50. The fraction of sp³-hybridized carbons (Fsp3) is 0.333. The fourth-order valence-corrected chi connectivity index (χ4v) is 3.54. The molecule has 0 aliphatic heterocycles. The number of rotatable bonds is 7. The van der Waals surface area contributed by atoms with Crippen molar-refractivity contribution in [2.24, 2.45) is 0 Å². The Labute approximate surface area is 166 Å². The quantitative estimate of drug-likeness (QED) is 0.566. The molecule has 0 amide bonds. The van der Waals surface area contributed by atoms with Crippen LogP contribution in [0.15, 0.2) is 53.4 Å². The van der Waals surface area contributed by atoms with Gasteiger partial charge in [0.1, 0.15) is 0 Å². The van der Waals surface area contributed by atoms with Crippen molar-refractivity contribution in [2.45, 2.75) is 38.0 Å². The molecule has 0 atom stereocenters. The average Bonchev–Trinajstić information content (AvgIpc) is 2.65. The number of nitrogens with one attached hydrogen (secondary N) is 1. The highest BCUT2D eigenvalue weighted by Gasteiger charge is 2.17. The van der Waals surface area contributed by atoms with Crippen LogP contribution in [0.4, 0.5) is 0 Å². The molecule has 0 aromatic heterocycles. The summed E-state index contributed by atoms with van der Waals surface area (Å²) in [6, 6.07) is 12.6. The lowest BCUT2D eigenvalue weighted by molar-refractivity contribution is 0.0474. The molecule has 0 saturated carbocycles. The lowest BCUT2D eigenvalue weighted by Gasteiger charge is -2.18.